The highest BCUT2D eigenvalue weighted by molar-refractivity contribution is 5.85. The molecule has 4 N–H and O–H groups in total. The highest BCUT2D eigenvalue weighted by Gasteiger charge is 2.20. The number of primary amides is 1. The number of benzene rings is 2. The van der Waals surface area contributed by atoms with Gasteiger partial charge in [-0.15, -0.1) is 0 Å². The molecule has 0 atom stereocenters. The van der Waals surface area contributed by atoms with Gasteiger partial charge in [-0.05, 0) is 73.3 Å². The Labute approximate surface area is 273 Å². The summed E-state index contributed by atoms with van der Waals surface area (Å²) in [4.78, 5) is 26.4. The number of fused-ring (bicyclic) bond motifs is 1. The first-order valence-corrected chi connectivity index (χ1v) is 16.4. The van der Waals surface area contributed by atoms with Gasteiger partial charge < -0.3 is 11.5 Å². The topological polar surface area (TPSA) is 116 Å². The van der Waals surface area contributed by atoms with Gasteiger partial charge in [0.05, 0.1) is 11.3 Å². The van der Waals surface area contributed by atoms with Crippen LogP contribution in [0.2, 0.25) is 0 Å². The van der Waals surface area contributed by atoms with Crippen molar-refractivity contribution in [2.24, 2.45) is 11.7 Å². The minimum absolute atomic E-state index is 0.454. The van der Waals surface area contributed by atoms with Crippen LogP contribution in [0.15, 0.2) is 97.7 Å². The van der Waals surface area contributed by atoms with Gasteiger partial charge in [0.1, 0.15) is 11.3 Å². The molecule has 2 aromatic carbocycles. The maximum atomic E-state index is 9.47. The van der Waals surface area contributed by atoms with E-state index in [1.165, 1.54) is 44.2 Å². The Balaban J connectivity index is 0.000000628. The third-order valence-corrected chi connectivity index (χ3v) is 8.14. The first-order chi connectivity index (χ1) is 22.5. The zero-order valence-electron chi connectivity index (χ0n) is 27.4. The molecule has 5 aromatic rings. The molecule has 0 aliphatic heterocycles. The number of hydrogen-bond donors (Lipinski definition) is 2. The second-order valence-corrected chi connectivity index (χ2v) is 11.2. The fourth-order valence-corrected chi connectivity index (χ4v) is 5.81. The number of anilines is 1. The first kappa shape index (κ1) is 34.1. The van der Waals surface area contributed by atoms with E-state index in [4.69, 9.17) is 15.7 Å². The molecule has 1 saturated carbocycles. The van der Waals surface area contributed by atoms with Gasteiger partial charge in [-0.3, -0.25) is 14.3 Å². The predicted octanol–water partition coefficient (Wildman–Crippen LogP) is 7.82. The summed E-state index contributed by atoms with van der Waals surface area (Å²) in [6, 6.07) is 27.0. The molecular weight excluding hydrogens is 570 g/mol. The van der Waals surface area contributed by atoms with Gasteiger partial charge in [-0.2, -0.15) is 0 Å². The molecule has 0 bridgehead atoms. The molecule has 0 radical (unpaired) electrons. The van der Waals surface area contributed by atoms with E-state index in [0.717, 1.165) is 64.6 Å². The second kappa shape index (κ2) is 17.0. The third-order valence-electron chi connectivity index (χ3n) is 8.14. The van der Waals surface area contributed by atoms with E-state index < -0.39 is 5.91 Å². The summed E-state index contributed by atoms with van der Waals surface area (Å²) in [6.07, 6.45) is 9.70. The maximum absolute atomic E-state index is 9.47. The Kier molecular flexibility index (Phi) is 12.6. The highest BCUT2D eigenvalue weighted by Crippen LogP contribution is 2.32. The first-order valence-electron chi connectivity index (χ1n) is 16.4. The predicted molar refractivity (Wildman–Crippen MR) is 190 cm³/mol. The molecule has 3 heterocycles. The number of pyridine rings is 2. The molecule has 1 fully saturated rings. The van der Waals surface area contributed by atoms with Crippen molar-refractivity contribution in [1.82, 2.24) is 24.4 Å². The van der Waals surface area contributed by atoms with Crippen molar-refractivity contribution in [2.45, 2.75) is 59.4 Å². The number of nitrogens with two attached hydrogens (primary N) is 2. The number of nitrogen functional groups attached to an aromatic ring is 1. The monoisotopic (exact) mass is 617 g/mol. The molecule has 8 heteroatoms. The van der Waals surface area contributed by atoms with Crippen LogP contribution in [0.5, 0.6) is 0 Å². The van der Waals surface area contributed by atoms with E-state index in [0.29, 0.717) is 5.82 Å². The molecule has 8 nitrogen and oxygen atoms in total. The minimum atomic E-state index is -0.481. The van der Waals surface area contributed by atoms with Gasteiger partial charge in [0.2, 0.25) is 5.91 Å². The van der Waals surface area contributed by atoms with Gasteiger partial charge in [0, 0.05) is 30.5 Å². The van der Waals surface area contributed by atoms with Crippen LogP contribution in [-0.4, -0.2) is 43.4 Å². The minimum Gasteiger partial charge on any atom is -0.383 e. The lowest BCUT2D eigenvalue weighted by Crippen LogP contribution is -2.30. The van der Waals surface area contributed by atoms with E-state index in [2.05, 4.69) is 70.1 Å². The Hall–Kier alpha value is -4.82. The van der Waals surface area contributed by atoms with Crippen molar-refractivity contribution in [3.8, 4) is 28.3 Å². The van der Waals surface area contributed by atoms with Crippen LogP contribution in [0.3, 0.4) is 0 Å². The summed E-state index contributed by atoms with van der Waals surface area (Å²) in [5.74, 6) is 1.56. The van der Waals surface area contributed by atoms with Crippen LogP contribution in [-0.2, 0) is 11.3 Å². The second-order valence-electron chi connectivity index (χ2n) is 11.2. The average Bonchev–Trinajstić information content (AvgIpc) is 3.49. The molecule has 240 valence electrons. The van der Waals surface area contributed by atoms with Crippen molar-refractivity contribution >= 4 is 22.9 Å². The van der Waals surface area contributed by atoms with Crippen molar-refractivity contribution < 1.29 is 4.79 Å². The van der Waals surface area contributed by atoms with Crippen molar-refractivity contribution in [1.29, 1.82) is 0 Å². The lowest BCUT2D eigenvalue weighted by atomic mass is 9.89. The standard InChI is InChI=1S/C33H36N6.C3H5NO.C2H6/c1-2-38(22-24-10-5-3-6-11-24)23-25-15-17-27(18-16-25)39-32(28-14-9-21-35-31(28)34)37-30-20-19-29(36-33(30)39)26-12-7-4-8-13-26;1-2-3(4)5;1-2/h4,7-9,12-21,24H,2-3,5-6,10-11,22-23H2,1H3,(H2,34,35);2H,1H2,(H2,4,5);1-2H3. The molecule has 1 amide bonds. The summed E-state index contributed by atoms with van der Waals surface area (Å²) in [7, 11) is 0. The van der Waals surface area contributed by atoms with Gasteiger partial charge in [0.15, 0.2) is 11.5 Å². The lowest BCUT2D eigenvalue weighted by Gasteiger charge is -2.29. The van der Waals surface area contributed by atoms with Crippen LogP contribution in [0, 0.1) is 5.92 Å². The summed E-state index contributed by atoms with van der Waals surface area (Å²) in [5.41, 5.74) is 17.6. The number of carbonyl (C=O) groups is 1. The molecule has 6 rings (SSSR count). The van der Waals surface area contributed by atoms with E-state index in [1.807, 2.05) is 56.3 Å². The Morgan fingerprint density at radius 1 is 0.957 bits per heavy atom. The van der Waals surface area contributed by atoms with Crippen LogP contribution in [0.1, 0.15) is 58.4 Å². The molecular formula is C38H47N7O. The number of rotatable bonds is 9. The fraction of sp³-hybridized carbons (Fsp3) is 0.316. The van der Waals surface area contributed by atoms with Crippen molar-refractivity contribution in [3.05, 3.63) is 103 Å². The van der Waals surface area contributed by atoms with Crippen molar-refractivity contribution in [3.63, 3.8) is 0 Å². The maximum Gasteiger partial charge on any atom is 0.240 e. The van der Waals surface area contributed by atoms with E-state index in [1.54, 1.807) is 6.20 Å². The molecule has 0 saturated heterocycles. The summed E-state index contributed by atoms with van der Waals surface area (Å²) in [6.45, 7) is 12.6. The zero-order chi connectivity index (χ0) is 32.9. The molecule has 0 spiro atoms. The largest absolute Gasteiger partial charge is 0.383 e. The SMILES string of the molecule is C=CC(N)=O.CC.CCN(Cc1ccc(-n2c(-c3cccnc3N)nc3ccc(-c4ccccc4)nc32)cc1)CC1CCCCC1. The summed E-state index contributed by atoms with van der Waals surface area (Å²) >= 11 is 0. The van der Waals surface area contributed by atoms with Crippen molar-refractivity contribution in [2.75, 3.05) is 18.8 Å². The Morgan fingerprint density at radius 2 is 1.65 bits per heavy atom. The lowest BCUT2D eigenvalue weighted by molar-refractivity contribution is -0.113. The van der Waals surface area contributed by atoms with E-state index in [9.17, 15) is 4.79 Å². The number of imidazole rings is 1. The highest BCUT2D eigenvalue weighted by atomic mass is 16.1. The number of hydrogen-bond acceptors (Lipinski definition) is 6. The summed E-state index contributed by atoms with van der Waals surface area (Å²) in [5, 5.41) is 0. The summed E-state index contributed by atoms with van der Waals surface area (Å²) < 4.78 is 2.11. The van der Waals surface area contributed by atoms with Crippen LogP contribution in [0.4, 0.5) is 5.82 Å². The Morgan fingerprint density at radius 3 is 2.28 bits per heavy atom. The third kappa shape index (κ3) is 8.67. The smallest absolute Gasteiger partial charge is 0.240 e. The normalized spacial score (nSPS) is 13.0. The van der Waals surface area contributed by atoms with Crippen LogP contribution in [0.25, 0.3) is 39.5 Å². The molecule has 1 aliphatic carbocycles. The fourth-order valence-electron chi connectivity index (χ4n) is 5.81. The van der Waals surface area contributed by atoms with E-state index in [-0.39, 0.29) is 0 Å². The molecule has 3 aromatic heterocycles. The van der Waals surface area contributed by atoms with Crippen LogP contribution >= 0.6 is 0 Å². The van der Waals surface area contributed by atoms with Crippen LogP contribution < -0.4 is 11.5 Å². The molecule has 1 aliphatic rings. The number of carbonyl (C=O) groups excluding carboxylic acids is 1. The number of aromatic nitrogens is 4. The zero-order valence-corrected chi connectivity index (χ0v) is 27.4. The van der Waals surface area contributed by atoms with Gasteiger partial charge in [-0.25, -0.2) is 15.0 Å². The average molecular weight is 618 g/mol. The number of nitrogens with zero attached hydrogens (tertiary/aromatic N) is 5. The Bertz CT molecular complexity index is 1690. The van der Waals surface area contributed by atoms with Gasteiger partial charge in [0.25, 0.3) is 0 Å². The molecule has 46 heavy (non-hydrogen) atoms. The number of amides is 1. The van der Waals surface area contributed by atoms with Gasteiger partial charge in [-0.1, -0.05) is 89.1 Å². The van der Waals surface area contributed by atoms with Gasteiger partial charge >= 0.3 is 0 Å². The molecule has 0 unspecified atom stereocenters. The quantitative estimate of drug-likeness (QED) is 0.163. The van der Waals surface area contributed by atoms with E-state index >= 15 is 0 Å².